The van der Waals surface area contributed by atoms with E-state index in [0.717, 1.165) is 24.8 Å². The molecule has 4 N–H and O–H groups in total. The Labute approximate surface area is 187 Å². The van der Waals surface area contributed by atoms with Crippen molar-refractivity contribution in [2.45, 2.75) is 39.3 Å². The lowest BCUT2D eigenvalue weighted by Crippen LogP contribution is -2.33. The first-order chi connectivity index (χ1) is 15.0. The Morgan fingerprint density at radius 1 is 1.28 bits per heavy atom. The Bertz CT molecular complexity index is 1110. The first kappa shape index (κ1) is 23.7. The average molecular weight is 464 g/mol. The number of anilines is 2. The molecule has 1 heterocycles. The van der Waals surface area contributed by atoms with Crippen LogP contribution in [0.5, 0.6) is 0 Å². The maximum Gasteiger partial charge on any atom is 0.253 e. The molecule has 1 atom stereocenters. The van der Waals surface area contributed by atoms with E-state index in [2.05, 4.69) is 31.0 Å². The topological polar surface area (TPSA) is 147 Å². The standard InChI is InChI=1S/C20H29N7O4S/c1-13(21-3)18-10-27(26-24-18)12-20(7-8-20)11-22-19(29)16-9-15(23-14(2)28)5-6-17(16)25-32(4,30)31/h5-6,9-10,13,21,25H,7-8,11-12H2,1-4H3,(H,22,29)(H,23,28). The van der Waals surface area contributed by atoms with Crippen LogP contribution in [0, 0.1) is 5.41 Å². The summed E-state index contributed by atoms with van der Waals surface area (Å²) in [5, 5.41) is 17.0. The SMILES string of the molecule is CNC(C)c1cn(CC2(CNC(=O)c3cc(NC(C)=O)ccc3NS(C)(=O)=O)CC2)nn1. The summed E-state index contributed by atoms with van der Waals surface area (Å²) in [6, 6.07) is 4.53. The van der Waals surface area contributed by atoms with Crippen LogP contribution in [0.4, 0.5) is 11.4 Å². The summed E-state index contributed by atoms with van der Waals surface area (Å²) in [5.74, 6) is -0.727. The zero-order valence-electron chi connectivity index (χ0n) is 18.6. The van der Waals surface area contributed by atoms with Gasteiger partial charge in [-0.2, -0.15) is 0 Å². The molecule has 1 aliphatic rings. The van der Waals surface area contributed by atoms with Crippen LogP contribution in [0.25, 0.3) is 0 Å². The molecule has 11 nitrogen and oxygen atoms in total. The fraction of sp³-hybridized carbons (Fsp3) is 0.500. The van der Waals surface area contributed by atoms with Crippen LogP contribution in [-0.2, 0) is 21.4 Å². The minimum absolute atomic E-state index is 0.0928. The van der Waals surface area contributed by atoms with Gasteiger partial charge in [0.15, 0.2) is 0 Å². The molecule has 1 saturated carbocycles. The number of aromatic nitrogens is 3. The molecule has 3 rings (SSSR count). The highest BCUT2D eigenvalue weighted by Crippen LogP contribution is 2.46. The van der Waals surface area contributed by atoms with Crippen molar-refractivity contribution in [2.75, 3.05) is 29.9 Å². The van der Waals surface area contributed by atoms with Crippen LogP contribution in [-0.4, -0.2) is 55.1 Å². The molecule has 2 aromatic rings. The normalized spacial score (nSPS) is 15.6. The molecule has 0 aliphatic heterocycles. The zero-order chi connectivity index (χ0) is 23.5. The lowest BCUT2D eigenvalue weighted by atomic mass is 10.1. The summed E-state index contributed by atoms with van der Waals surface area (Å²) >= 11 is 0. The molecule has 2 amide bonds. The van der Waals surface area contributed by atoms with E-state index in [0.29, 0.717) is 18.8 Å². The first-order valence-electron chi connectivity index (χ1n) is 10.3. The second-order valence-electron chi connectivity index (χ2n) is 8.35. The number of hydrogen-bond acceptors (Lipinski definition) is 7. The molecule has 0 radical (unpaired) electrons. The van der Waals surface area contributed by atoms with Crippen molar-refractivity contribution in [1.29, 1.82) is 0 Å². The number of nitrogens with zero attached hydrogens (tertiary/aromatic N) is 3. The van der Waals surface area contributed by atoms with E-state index >= 15 is 0 Å². The largest absolute Gasteiger partial charge is 0.351 e. The lowest BCUT2D eigenvalue weighted by molar-refractivity contribution is -0.114. The molecule has 1 aromatic carbocycles. The number of nitrogens with one attached hydrogen (secondary N) is 4. The monoisotopic (exact) mass is 463 g/mol. The summed E-state index contributed by atoms with van der Waals surface area (Å²) in [4.78, 5) is 24.3. The lowest BCUT2D eigenvalue weighted by Gasteiger charge is -2.17. The molecule has 12 heteroatoms. The second-order valence-corrected chi connectivity index (χ2v) is 10.1. The molecule has 1 aliphatic carbocycles. The molecule has 0 bridgehead atoms. The molecule has 1 aromatic heterocycles. The summed E-state index contributed by atoms with van der Waals surface area (Å²) in [5.41, 5.74) is 1.40. The van der Waals surface area contributed by atoms with Gasteiger partial charge in [0.05, 0.1) is 29.4 Å². The van der Waals surface area contributed by atoms with E-state index in [9.17, 15) is 18.0 Å². The van der Waals surface area contributed by atoms with E-state index in [1.165, 1.54) is 25.1 Å². The van der Waals surface area contributed by atoms with Crippen LogP contribution in [0.2, 0.25) is 0 Å². The molecule has 0 saturated heterocycles. The molecular weight excluding hydrogens is 434 g/mol. The fourth-order valence-electron chi connectivity index (χ4n) is 3.31. The highest BCUT2D eigenvalue weighted by atomic mass is 32.2. The van der Waals surface area contributed by atoms with Gasteiger partial charge in [-0.25, -0.2) is 8.42 Å². The van der Waals surface area contributed by atoms with Crippen LogP contribution in [0.15, 0.2) is 24.4 Å². The highest BCUT2D eigenvalue weighted by Gasteiger charge is 2.43. The Morgan fingerprint density at radius 3 is 2.59 bits per heavy atom. The van der Waals surface area contributed by atoms with Crippen molar-refractivity contribution in [3.63, 3.8) is 0 Å². The third kappa shape index (κ3) is 6.26. The van der Waals surface area contributed by atoms with Gasteiger partial charge in [0.1, 0.15) is 0 Å². The van der Waals surface area contributed by atoms with Crippen LogP contribution >= 0.6 is 0 Å². The van der Waals surface area contributed by atoms with Crippen molar-refractivity contribution in [3.8, 4) is 0 Å². The predicted octanol–water partition coefficient (Wildman–Crippen LogP) is 1.10. The van der Waals surface area contributed by atoms with Crippen molar-refractivity contribution in [3.05, 3.63) is 35.7 Å². The highest BCUT2D eigenvalue weighted by molar-refractivity contribution is 7.92. The fourth-order valence-corrected chi connectivity index (χ4v) is 3.89. The number of hydrogen-bond donors (Lipinski definition) is 4. The molecular formula is C20H29N7O4S. The van der Waals surface area contributed by atoms with Gasteiger partial charge in [0.2, 0.25) is 15.9 Å². The van der Waals surface area contributed by atoms with Crippen LogP contribution in [0.3, 0.4) is 0 Å². The molecule has 174 valence electrons. The summed E-state index contributed by atoms with van der Waals surface area (Å²) in [6.45, 7) is 4.38. The van der Waals surface area contributed by atoms with E-state index in [1.807, 2.05) is 20.2 Å². The average Bonchev–Trinajstić information content (AvgIpc) is 3.31. The summed E-state index contributed by atoms with van der Waals surface area (Å²) in [7, 11) is -1.73. The van der Waals surface area contributed by atoms with Crippen molar-refractivity contribution >= 4 is 33.2 Å². The molecule has 32 heavy (non-hydrogen) atoms. The van der Waals surface area contributed by atoms with Crippen molar-refractivity contribution in [2.24, 2.45) is 5.41 Å². The zero-order valence-corrected chi connectivity index (χ0v) is 19.4. The minimum Gasteiger partial charge on any atom is -0.351 e. The number of rotatable bonds is 10. The Balaban J connectivity index is 1.71. The Kier molecular flexibility index (Phi) is 6.84. The van der Waals surface area contributed by atoms with E-state index < -0.39 is 15.9 Å². The maximum atomic E-state index is 12.9. The quantitative estimate of drug-likeness (QED) is 0.412. The third-order valence-corrected chi connectivity index (χ3v) is 5.98. The maximum absolute atomic E-state index is 12.9. The van der Waals surface area contributed by atoms with Gasteiger partial charge in [-0.1, -0.05) is 5.21 Å². The van der Waals surface area contributed by atoms with Crippen LogP contribution < -0.4 is 20.7 Å². The van der Waals surface area contributed by atoms with Gasteiger partial charge >= 0.3 is 0 Å². The van der Waals surface area contributed by atoms with E-state index in [-0.39, 0.29) is 28.6 Å². The number of carbonyl (C=O) groups is 2. The van der Waals surface area contributed by atoms with Crippen molar-refractivity contribution in [1.82, 2.24) is 25.6 Å². The van der Waals surface area contributed by atoms with Gasteiger partial charge in [0, 0.05) is 37.2 Å². The van der Waals surface area contributed by atoms with Gasteiger partial charge < -0.3 is 16.0 Å². The number of carbonyl (C=O) groups excluding carboxylic acids is 2. The number of sulfonamides is 1. The van der Waals surface area contributed by atoms with E-state index in [4.69, 9.17) is 0 Å². The van der Waals surface area contributed by atoms with Gasteiger partial charge in [0.25, 0.3) is 5.91 Å². The second kappa shape index (κ2) is 9.25. The van der Waals surface area contributed by atoms with Crippen molar-refractivity contribution < 1.29 is 18.0 Å². The molecule has 1 unspecified atom stereocenters. The number of benzene rings is 1. The molecule has 0 spiro atoms. The predicted molar refractivity (Wildman–Crippen MR) is 121 cm³/mol. The van der Waals surface area contributed by atoms with Gasteiger partial charge in [-0.05, 0) is 45.0 Å². The summed E-state index contributed by atoms with van der Waals surface area (Å²) in [6.07, 6.45) is 4.78. The van der Waals surface area contributed by atoms with Gasteiger partial charge in [-0.15, -0.1) is 5.10 Å². The Morgan fingerprint density at radius 2 is 2.00 bits per heavy atom. The Hall–Kier alpha value is -2.99. The third-order valence-electron chi connectivity index (χ3n) is 5.39. The minimum atomic E-state index is -3.59. The first-order valence-corrected chi connectivity index (χ1v) is 12.1. The smallest absolute Gasteiger partial charge is 0.253 e. The molecule has 1 fully saturated rings. The van der Waals surface area contributed by atoms with Crippen LogP contribution in [0.1, 0.15) is 48.8 Å². The van der Waals surface area contributed by atoms with E-state index in [1.54, 1.807) is 4.68 Å². The summed E-state index contributed by atoms with van der Waals surface area (Å²) < 4.78 is 27.6. The van der Waals surface area contributed by atoms with Gasteiger partial charge in [-0.3, -0.25) is 19.0 Å². The number of amides is 2.